The molecule has 0 aromatic heterocycles. The fraction of sp³-hybridized carbons (Fsp3) is 0.952. The lowest BCUT2D eigenvalue weighted by Gasteiger charge is -2.29. The summed E-state index contributed by atoms with van der Waals surface area (Å²) in [5.74, 6) is 2.52. The average molecular weight is 508 g/mol. The molecule has 0 saturated carbocycles. The van der Waals surface area contributed by atoms with Crippen LogP contribution in [0.2, 0.25) is 0 Å². The van der Waals surface area contributed by atoms with Gasteiger partial charge >= 0.3 is 0 Å². The van der Waals surface area contributed by atoms with E-state index in [4.69, 9.17) is 9.73 Å². The molecule has 0 aromatic rings. The van der Waals surface area contributed by atoms with E-state index in [0.717, 1.165) is 64.4 Å². The van der Waals surface area contributed by atoms with Gasteiger partial charge in [0.2, 0.25) is 0 Å². The first kappa shape index (κ1) is 24.2. The van der Waals surface area contributed by atoms with Crippen LogP contribution in [0.5, 0.6) is 0 Å². The van der Waals surface area contributed by atoms with E-state index in [2.05, 4.69) is 33.9 Å². The minimum Gasteiger partial charge on any atom is -0.379 e. The van der Waals surface area contributed by atoms with E-state index in [1.54, 1.807) is 0 Å². The first-order chi connectivity index (χ1) is 13.2. The lowest BCUT2D eigenvalue weighted by molar-refractivity contribution is 0.0323. The maximum absolute atomic E-state index is 5.45. The molecule has 3 heterocycles. The highest BCUT2D eigenvalue weighted by molar-refractivity contribution is 14.0. The molecule has 7 heteroatoms. The summed E-state index contributed by atoms with van der Waals surface area (Å²) < 4.78 is 5.45. The Balaban J connectivity index is 0.00000280. The molecule has 0 aromatic carbocycles. The smallest absolute Gasteiger partial charge is 0.193 e. The van der Waals surface area contributed by atoms with Crippen LogP contribution in [0, 0.1) is 11.8 Å². The highest BCUT2D eigenvalue weighted by Gasteiger charge is 2.27. The Morgan fingerprint density at radius 2 is 1.82 bits per heavy atom. The van der Waals surface area contributed by atoms with Crippen molar-refractivity contribution in [3.63, 3.8) is 0 Å². The van der Waals surface area contributed by atoms with E-state index in [9.17, 15) is 0 Å². The summed E-state index contributed by atoms with van der Waals surface area (Å²) in [4.78, 5) is 12.7. The molecule has 3 aliphatic heterocycles. The van der Waals surface area contributed by atoms with E-state index < -0.39 is 0 Å². The minimum absolute atomic E-state index is 0. The zero-order chi connectivity index (χ0) is 18.9. The van der Waals surface area contributed by atoms with Gasteiger partial charge in [0.15, 0.2) is 5.96 Å². The van der Waals surface area contributed by atoms with Crippen molar-refractivity contribution in [2.24, 2.45) is 16.8 Å². The second-order valence-electron chi connectivity index (χ2n) is 8.67. The number of piperidine rings is 1. The number of likely N-dealkylation sites (tertiary alicyclic amines) is 2. The van der Waals surface area contributed by atoms with Gasteiger partial charge in [0.05, 0.1) is 13.2 Å². The number of nitrogens with one attached hydrogen (secondary N) is 1. The quantitative estimate of drug-likeness (QED) is 0.326. The Labute approximate surface area is 189 Å². The molecule has 0 aliphatic carbocycles. The Hall–Kier alpha value is -0.120. The molecule has 0 radical (unpaired) electrons. The number of morpholine rings is 1. The maximum atomic E-state index is 5.45. The maximum Gasteiger partial charge on any atom is 0.193 e. The van der Waals surface area contributed by atoms with Crippen LogP contribution in [-0.4, -0.2) is 99.3 Å². The topological polar surface area (TPSA) is 43.3 Å². The standard InChI is InChI=1S/C21H41N5O.HI/c1-3-22-21(23-15-19(2)16-25-11-13-27-14-12-25)26-10-7-20(18-26)17-24-8-5-4-6-9-24;/h19-20H,3-18H2,1-2H3,(H,22,23);1H. The van der Waals surface area contributed by atoms with Crippen molar-refractivity contribution in [1.29, 1.82) is 0 Å². The van der Waals surface area contributed by atoms with Crippen LogP contribution in [0.25, 0.3) is 0 Å². The largest absolute Gasteiger partial charge is 0.379 e. The molecule has 6 nitrogen and oxygen atoms in total. The lowest BCUT2D eigenvalue weighted by Crippen LogP contribution is -2.42. The SMILES string of the molecule is CCNC(=NCC(C)CN1CCOCC1)N1CCC(CN2CCCCC2)C1.I. The van der Waals surface area contributed by atoms with Crippen molar-refractivity contribution in [2.75, 3.05) is 78.7 Å². The van der Waals surface area contributed by atoms with Gasteiger partial charge in [0.25, 0.3) is 0 Å². The van der Waals surface area contributed by atoms with Gasteiger partial charge in [0, 0.05) is 52.4 Å². The Morgan fingerprint density at radius 3 is 2.54 bits per heavy atom. The van der Waals surface area contributed by atoms with Gasteiger partial charge in [0.1, 0.15) is 0 Å². The van der Waals surface area contributed by atoms with Gasteiger partial charge in [-0.3, -0.25) is 9.89 Å². The number of aliphatic imine (C=N–C) groups is 1. The number of nitrogens with zero attached hydrogens (tertiary/aromatic N) is 4. The molecule has 2 atom stereocenters. The van der Waals surface area contributed by atoms with Gasteiger partial charge in [-0.05, 0) is 51.1 Å². The summed E-state index contributed by atoms with van der Waals surface area (Å²) in [6, 6.07) is 0. The van der Waals surface area contributed by atoms with E-state index in [1.165, 1.54) is 51.9 Å². The molecular formula is C21H42IN5O. The molecule has 1 N–H and O–H groups in total. The summed E-state index contributed by atoms with van der Waals surface area (Å²) in [6.07, 6.45) is 5.51. The zero-order valence-electron chi connectivity index (χ0n) is 18.1. The number of halogens is 1. The van der Waals surface area contributed by atoms with Crippen LogP contribution in [0.1, 0.15) is 39.5 Å². The Morgan fingerprint density at radius 1 is 1.07 bits per heavy atom. The van der Waals surface area contributed by atoms with Crippen LogP contribution in [0.15, 0.2) is 4.99 Å². The van der Waals surface area contributed by atoms with Crippen LogP contribution in [-0.2, 0) is 4.74 Å². The molecule has 28 heavy (non-hydrogen) atoms. The molecule has 164 valence electrons. The van der Waals surface area contributed by atoms with Crippen molar-refractivity contribution in [2.45, 2.75) is 39.5 Å². The monoisotopic (exact) mass is 507 g/mol. The van der Waals surface area contributed by atoms with E-state index in [1.807, 2.05) is 0 Å². The molecular weight excluding hydrogens is 465 g/mol. The number of rotatable bonds is 7. The highest BCUT2D eigenvalue weighted by Crippen LogP contribution is 2.20. The van der Waals surface area contributed by atoms with Gasteiger partial charge in [-0.2, -0.15) is 0 Å². The fourth-order valence-corrected chi connectivity index (χ4v) is 4.63. The van der Waals surface area contributed by atoms with Crippen molar-refractivity contribution >= 4 is 29.9 Å². The van der Waals surface area contributed by atoms with Crippen LogP contribution in [0.3, 0.4) is 0 Å². The molecule has 3 fully saturated rings. The summed E-state index contributed by atoms with van der Waals surface area (Å²) in [6.45, 7) is 17.6. The number of hydrogen-bond donors (Lipinski definition) is 1. The molecule has 0 amide bonds. The number of guanidine groups is 1. The predicted octanol–water partition coefficient (Wildman–Crippen LogP) is 2.35. The van der Waals surface area contributed by atoms with Crippen LogP contribution in [0.4, 0.5) is 0 Å². The van der Waals surface area contributed by atoms with Gasteiger partial charge in [-0.25, -0.2) is 0 Å². The first-order valence-electron chi connectivity index (χ1n) is 11.3. The highest BCUT2D eigenvalue weighted by atomic mass is 127. The molecule has 0 bridgehead atoms. The summed E-state index contributed by atoms with van der Waals surface area (Å²) in [7, 11) is 0. The van der Waals surface area contributed by atoms with Gasteiger partial charge in [-0.1, -0.05) is 13.3 Å². The third-order valence-electron chi connectivity index (χ3n) is 6.11. The second kappa shape index (κ2) is 13.2. The summed E-state index contributed by atoms with van der Waals surface area (Å²) in [5.41, 5.74) is 0. The summed E-state index contributed by atoms with van der Waals surface area (Å²) >= 11 is 0. The van der Waals surface area contributed by atoms with Crippen molar-refractivity contribution in [1.82, 2.24) is 20.0 Å². The van der Waals surface area contributed by atoms with Crippen molar-refractivity contribution in [3.05, 3.63) is 0 Å². The Bertz CT molecular complexity index is 452. The predicted molar refractivity (Wildman–Crippen MR) is 128 cm³/mol. The van der Waals surface area contributed by atoms with Crippen LogP contribution < -0.4 is 5.32 Å². The molecule has 3 rings (SSSR count). The number of hydrogen-bond acceptors (Lipinski definition) is 4. The molecule has 3 saturated heterocycles. The van der Waals surface area contributed by atoms with Gasteiger partial charge in [-0.15, -0.1) is 24.0 Å². The minimum atomic E-state index is 0. The summed E-state index contributed by atoms with van der Waals surface area (Å²) in [5, 5.41) is 3.54. The molecule has 0 spiro atoms. The van der Waals surface area contributed by atoms with Gasteiger partial charge < -0.3 is 19.9 Å². The average Bonchev–Trinajstić information content (AvgIpc) is 3.15. The van der Waals surface area contributed by atoms with E-state index >= 15 is 0 Å². The third-order valence-corrected chi connectivity index (χ3v) is 6.11. The Kier molecular flexibility index (Phi) is 11.4. The fourth-order valence-electron chi connectivity index (χ4n) is 4.63. The third kappa shape index (κ3) is 7.95. The van der Waals surface area contributed by atoms with Crippen LogP contribution >= 0.6 is 24.0 Å². The van der Waals surface area contributed by atoms with Crippen molar-refractivity contribution < 1.29 is 4.74 Å². The zero-order valence-corrected chi connectivity index (χ0v) is 20.4. The molecule has 3 aliphatic rings. The van der Waals surface area contributed by atoms with E-state index in [-0.39, 0.29) is 24.0 Å². The van der Waals surface area contributed by atoms with Crippen molar-refractivity contribution in [3.8, 4) is 0 Å². The lowest BCUT2D eigenvalue weighted by atomic mass is 10.1. The second-order valence-corrected chi connectivity index (χ2v) is 8.67. The normalized spacial score (nSPS) is 26.1. The number of ether oxygens (including phenoxy) is 1. The van der Waals surface area contributed by atoms with E-state index in [0.29, 0.717) is 5.92 Å². The molecule has 2 unspecified atom stereocenters. The first-order valence-corrected chi connectivity index (χ1v) is 11.3.